The van der Waals surface area contributed by atoms with E-state index in [9.17, 15) is 14.7 Å². The average Bonchev–Trinajstić information content (AvgIpc) is 2.76. The molecule has 30 heavy (non-hydrogen) atoms. The Hall–Kier alpha value is -3.06. The maximum Gasteiger partial charge on any atom is 0.316 e. The van der Waals surface area contributed by atoms with Gasteiger partial charge in [0, 0.05) is 24.2 Å². The molecule has 1 unspecified atom stereocenters. The first-order valence-corrected chi connectivity index (χ1v) is 10.3. The van der Waals surface area contributed by atoms with Gasteiger partial charge in [0.05, 0.1) is 6.10 Å². The van der Waals surface area contributed by atoms with E-state index in [2.05, 4.69) is 10.6 Å². The number of hydrogen-bond acceptors (Lipinski definition) is 4. The molecule has 1 atom stereocenters. The van der Waals surface area contributed by atoms with Gasteiger partial charge in [-0.15, -0.1) is 0 Å². The van der Waals surface area contributed by atoms with Gasteiger partial charge in [0.15, 0.2) is 0 Å². The number of carbonyl (C=O) groups excluding carboxylic acids is 2. The molecule has 160 valence electrons. The molecule has 0 aromatic heterocycles. The number of nitrogens with two attached hydrogens (primary N) is 1. The molecule has 0 spiro atoms. The summed E-state index contributed by atoms with van der Waals surface area (Å²) in [7, 11) is 0. The van der Waals surface area contributed by atoms with E-state index in [-0.39, 0.29) is 18.4 Å². The molecule has 2 aromatic carbocycles. The number of aliphatic hydroxyl groups excluding tert-OH is 1. The SMILES string of the molecule is NC(=O)Nc1cc(OCc2ccccc2)cc(C(O)CNC(=O)C2CCCCC2)c1. The van der Waals surface area contributed by atoms with Crippen molar-refractivity contribution in [1.29, 1.82) is 0 Å². The van der Waals surface area contributed by atoms with Gasteiger partial charge in [-0.05, 0) is 36.1 Å². The van der Waals surface area contributed by atoms with Crippen molar-refractivity contribution in [3.8, 4) is 5.75 Å². The van der Waals surface area contributed by atoms with Crippen molar-refractivity contribution < 1.29 is 19.4 Å². The summed E-state index contributed by atoms with van der Waals surface area (Å²) in [5, 5.41) is 16.0. The number of primary amides is 1. The number of amides is 3. The van der Waals surface area contributed by atoms with Crippen molar-refractivity contribution in [2.75, 3.05) is 11.9 Å². The van der Waals surface area contributed by atoms with Gasteiger partial charge in [-0.1, -0.05) is 49.6 Å². The fourth-order valence-corrected chi connectivity index (χ4v) is 3.68. The van der Waals surface area contributed by atoms with E-state index in [0.29, 0.717) is 23.6 Å². The Kier molecular flexibility index (Phi) is 7.68. The van der Waals surface area contributed by atoms with Gasteiger partial charge in [0.1, 0.15) is 12.4 Å². The Bertz CT molecular complexity index is 851. The first kappa shape index (κ1) is 21.6. The maximum atomic E-state index is 12.4. The van der Waals surface area contributed by atoms with Crippen LogP contribution in [0.2, 0.25) is 0 Å². The lowest BCUT2D eigenvalue weighted by molar-refractivity contribution is -0.126. The van der Waals surface area contributed by atoms with Crippen molar-refractivity contribution in [2.45, 2.75) is 44.8 Å². The molecule has 3 rings (SSSR count). The van der Waals surface area contributed by atoms with E-state index in [1.54, 1.807) is 18.2 Å². The largest absolute Gasteiger partial charge is 0.489 e. The van der Waals surface area contributed by atoms with Crippen LogP contribution in [0.3, 0.4) is 0 Å². The van der Waals surface area contributed by atoms with Crippen LogP contribution in [0.15, 0.2) is 48.5 Å². The lowest BCUT2D eigenvalue weighted by atomic mass is 9.88. The zero-order valence-corrected chi connectivity index (χ0v) is 17.0. The van der Waals surface area contributed by atoms with Gasteiger partial charge in [0.2, 0.25) is 5.91 Å². The van der Waals surface area contributed by atoms with Gasteiger partial charge in [-0.25, -0.2) is 4.79 Å². The number of hydrogen-bond donors (Lipinski definition) is 4. The summed E-state index contributed by atoms with van der Waals surface area (Å²) in [5.74, 6) is 0.497. The Morgan fingerprint density at radius 3 is 2.53 bits per heavy atom. The maximum absolute atomic E-state index is 12.4. The lowest BCUT2D eigenvalue weighted by Gasteiger charge is -2.22. The Labute approximate surface area is 176 Å². The predicted molar refractivity (Wildman–Crippen MR) is 115 cm³/mol. The molecule has 1 fully saturated rings. The second-order valence-corrected chi connectivity index (χ2v) is 7.65. The summed E-state index contributed by atoms with van der Waals surface area (Å²) >= 11 is 0. The number of rotatable bonds is 8. The van der Waals surface area contributed by atoms with E-state index >= 15 is 0 Å². The number of urea groups is 1. The molecule has 1 aliphatic rings. The molecule has 0 aliphatic heterocycles. The molecule has 3 amide bonds. The van der Waals surface area contributed by atoms with Crippen LogP contribution in [-0.4, -0.2) is 23.6 Å². The molecule has 0 saturated heterocycles. The van der Waals surface area contributed by atoms with Crippen LogP contribution in [0.5, 0.6) is 5.75 Å². The molecule has 0 radical (unpaired) electrons. The zero-order chi connectivity index (χ0) is 21.3. The third-order valence-electron chi connectivity index (χ3n) is 5.28. The average molecular weight is 412 g/mol. The summed E-state index contributed by atoms with van der Waals surface area (Å²) in [6, 6.07) is 13.9. The summed E-state index contributed by atoms with van der Waals surface area (Å²) in [4.78, 5) is 23.6. The third-order valence-corrected chi connectivity index (χ3v) is 5.28. The Morgan fingerprint density at radius 2 is 1.83 bits per heavy atom. The lowest BCUT2D eigenvalue weighted by Crippen LogP contribution is -2.34. The van der Waals surface area contributed by atoms with Crippen LogP contribution >= 0.6 is 0 Å². The van der Waals surface area contributed by atoms with Gasteiger partial charge in [-0.3, -0.25) is 4.79 Å². The molecule has 7 heteroatoms. The number of carbonyl (C=O) groups is 2. The summed E-state index contributed by atoms with van der Waals surface area (Å²) < 4.78 is 5.84. The van der Waals surface area contributed by atoms with Crippen molar-refractivity contribution in [3.63, 3.8) is 0 Å². The highest BCUT2D eigenvalue weighted by Crippen LogP contribution is 2.27. The fraction of sp³-hybridized carbons (Fsp3) is 0.391. The molecular formula is C23H29N3O4. The van der Waals surface area contributed by atoms with E-state index in [1.165, 1.54) is 6.42 Å². The topological polar surface area (TPSA) is 114 Å². The quantitative estimate of drug-likeness (QED) is 0.532. The second kappa shape index (κ2) is 10.6. The standard InChI is InChI=1S/C23H29N3O4/c24-23(29)26-19-11-18(12-20(13-19)30-15-16-7-3-1-4-8-16)21(27)14-25-22(28)17-9-5-2-6-10-17/h1,3-4,7-8,11-13,17,21,27H,2,5-6,9-10,14-15H2,(H,25,28)(H3,24,26,29). The van der Waals surface area contributed by atoms with E-state index in [1.807, 2.05) is 30.3 Å². The van der Waals surface area contributed by atoms with Gasteiger partial charge < -0.3 is 26.2 Å². The highest BCUT2D eigenvalue weighted by molar-refractivity contribution is 5.88. The summed E-state index contributed by atoms with van der Waals surface area (Å²) in [5.41, 5.74) is 7.17. The smallest absolute Gasteiger partial charge is 0.316 e. The van der Waals surface area contributed by atoms with Crippen LogP contribution < -0.4 is 21.1 Å². The summed E-state index contributed by atoms with van der Waals surface area (Å²) in [6.45, 7) is 0.433. The van der Waals surface area contributed by atoms with Crippen LogP contribution in [-0.2, 0) is 11.4 Å². The number of nitrogens with one attached hydrogen (secondary N) is 2. The van der Waals surface area contributed by atoms with E-state index in [0.717, 1.165) is 31.2 Å². The van der Waals surface area contributed by atoms with Gasteiger partial charge in [-0.2, -0.15) is 0 Å². The molecule has 0 bridgehead atoms. The number of ether oxygens (including phenoxy) is 1. The molecule has 1 aliphatic carbocycles. The first-order valence-electron chi connectivity index (χ1n) is 10.3. The molecule has 5 N–H and O–H groups in total. The summed E-state index contributed by atoms with van der Waals surface area (Å²) in [6.07, 6.45) is 4.19. The minimum Gasteiger partial charge on any atom is -0.489 e. The van der Waals surface area contributed by atoms with E-state index < -0.39 is 12.1 Å². The van der Waals surface area contributed by atoms with Crippen LogP contribution in [0.4, 0.5) is 10.5 Å². The number of aliphatic hydroxyl groups is 1. The Morgan fingerprint density at radius 1 is 1.10 bits per heavy atom. The number of anilines is 1. The molecule has 0 heterocycles. The first-order chi connectivity index (χ1) is 14.5. The van der Waals surface area contributed by atoms with Crippen molar-refractivity contribution in [3.05, 3.63) is 59.7 Å². The van der Waals surface area contributed by atoms with Gasteiger partial charge in [0.25, 0.3) is 0 Å². The fourth-order valence-electron chi connectivity index (χ4n) is 3.68. The normalized spacial score (nSPS) is 15.2. The van der Waals surface area contributed by atoms with Crippen LogP contribution in [0.1, 0.15) is 49.3 Å². The third kappa shape index (κ3) is 6.49. The van der Waals surface area contributed by atoms with Crippen LogP contribution in [0, 0.1) is 5.92 Å². The Balaban J connectivity index is 1.66. The van der Waals surface area contributed by atoms with Gasteiger partial charge >= 0.3 is 6.03 Å². The van der Waals surface area contributed by atoms with Crippen LogP contribution in [0.25, 0.3) is 0 Å². The highest BCUT2D eigenvalue weighted by atomic mass is 16.5. The van der Waals surface area contributed by atoms with E-state index in [4.69, 9.17) is 10.5 Å². The van der Waals surface area contributed by atoms with Crippen molar-refractivity contribution >= 4 is 17.6 Å². The molecular weight excluding hydrogens is 382 g/mol. The molecule has 2 aromatic rings. The molecule has 1 saturated carbocycles. The second-order valence-electron chi connectivity index (χ2n) is 7.65. The minimum absolute atomic E-state index is 0.0132. The van der Waals surface area contributed by atoms with Crippen molar-refractivity contribution in [1.82, 2.24) is 5.32 Å². The highest BCUT2D eigenvalue weighted by Gasteiger charge is 2.22. The zero-order valence-electron chi connectivity index (χ0n) is 17.0. The monoisotopic (exact) mass is 411 g/mol. The van der Waals surface area contributed by atoms with Crippen molar-refractivity contribution in [2.24, 2.45) is 11.7 Å². The minimum atomic E-state index is -0.939. The molecule has 7 nitrogen and oxygen atoms in total. The predicted octanol–water partition coefficient (Wildman–Crippen LogP) is 3.49. The number of benzene rings is 2.